The van der Waals surface area contributed by atoms with Gasteiger partial charge < -0.3 is 4.90 Å². The first-order valence-electron chi connectivity index (χ1n) is 11.5. The molecule has 5 nitrogen and oxygen atoms in total. The molecule has 4 rings (SSSR count). The van der Waals surface area contributed by atoms with Crippen LogP contribution in [0.1, 0.15) is 21.5 Å². The van der Waals surface area contributed by atoms with Crippen LogP contribution in [0.15, 0.2) is 119 Å². The van der Waals surface area contributed by atoms with Crippen LogP contribution in [-0.4, -0.2) is 32.5 Å². The molecule has 0 saturated carbocycles. The minimum absolute atomic E-state index is 0.118. The molecule has 0 fully saturated rings. The van der Waals surface area contributed by atoms with E-state index in [2.05, 4.69) is 0 Å². The number of amides is 1. The Morgan fingerprint density at radius 2 is 1.22 bits per heavy atom. The molecule has 0 saturated heterocycles. The molecule has 0 heterocycles. The lowest BCUT2D eigenvalue weighted by atomic mass is 10.1. The fraction of sp³-hybridized carbons (Fsp3) is 0.138. The van der Waals surface area contributed by atoms with Crippen LogP contribution in [0.5, 0.6) is 0 Å². The van der Waals surface area contributed by atoms with Crippen molar-refractivity contribution >= 4 is 33.4 Å². The van der Waals surface area contributed by atoms with Crippen LogP contribution in [0, 0.1) is 0 Å². The van der Waals surface area contributed by atoms with E-state index < -0.39 is 10.0 Å². The van der Waals surface area contributed by atoms with Gasteiger partial charge in [-0.1, -0.05) is 60.7 Å². The monoisotopic (exact) mass is 516 g/mol. The SMILES string of the molecule is CSc1ccc(S(=O)(=O)N(C)c2ccc(C(=O)N(Cc3ccccc3)Cc3ccccc3)cc2)cc1. The lowest BCUT2D eigenvalue weighted by molar-refractivity contribution is 0.0730. The van der Waals surface area contributed by atoms with E-state index in [4.69, 9.17) is 0 Å². The number of sulfonamides is 1. The Morgan fingerprint density at radius 3 is 1.69 bits per heavy atom. The first-order valence-corrected chi connectivity index (χ1v) is 14.1. The van der Waals surface area contributed by atoms with Crippen molar-refractivity contribution in [2.24, 2.45) is 0 Å². The third-order valence-corrected chi connectivity index (χ3v) is 8.46. The Morgan fingerprint density at radius 1 is 0.722 bits per heavy atom. The highest BCUT2D eigenvalue weighted by Gasteiger charge is 2.22. The third kappa shape index (κ3) is 5.98. The fourth-order valence-electron chi connectivity index (χ4n) is 3.85. The molecule has 184 valence electrons. The predicted molar refractivity (Wildman–Crippen MR) is 147 cm³/mol. The molecule has 0 bridgehead atoms. The van der Waals surface area contributed by atoms with Gasteiger partial charge in [0.15, 0.2) is 0 Å². The molecule has 0 aliphatic rings. The smallest absolute Gasteiger partial charge is 0.264 e. The number of hydrogen-bond donors (Lipinski definition) is 0. The highest BCUT2D eigenvalue weighted by atomic mass is 32.2. The number of rotatable bonds is 9. The van der Waals surface area contributed by atoms with Gasteiger partial charge in [0.05, 0.1) is 10.6 Å². The quantitative estimate of drug-likeness (QED) is 0.253. The molecule has 1 amide bonds. The van der Waals surface area contributed by atoms with E-state index in [1.807, 2.05) is 66.9 Å². The van der Waals surface area contributed by atoms with Crippen LogP contribution in [0.2, 0.25) is 0 Å². The van der Waals surface area contributed by atoms with Gasteiger partial charge in [0.2, 0.25) is 0 Å². The molecule has 7 heteroatoms. The largest absolute Gasteiger partial charge is 0.330 e. The van der Waals surface area contributed by atoms with Gasteiger partial charge in [0, 0.05) is 30.6 Å². The number of benzene rings is 4. The molecule has 0 radical (unpaired) electrons. The van der Waals surface area contributed by atoms with Crippen LogP contribution in [0.4, 0.5) is 5.69 Å². The van der Waals surface area contributed by atoms with Crippen molar-refractivity contribution in [1.29, 1.82) is 0 Å². The van der Waals surface area contributed by atoms with Crippen LogP contribution in [-0.2, 0) is 23.1 Å². The van der Waals surface area contributed by atoms with E-state index in [9.17, 15) is 13.2 Å². The fourth-order valence-corrected chi connectivity index (χ4v) is 5.45. The molecule has 0 aliphatic heterocycles. The standard InChI is InChI=1S/C29H28N2O3S2/c1-30(36(33,34)28-19-17-27(35-2)18-20-28)26-15-13-25(14-16-26)29(32)31(21-23-9-5-3-6-10-23)22-24-11-7-4-8-12-24/h3-20H,21-22H2,1-2H3. The maximum atomic E-state index is 13.5. The van der Waals surface area contributed by atoms with E-state index in [1.54, 1.807) is 65.2 Å². The van der Waals surface area contributed by atoms with Crippen LogP contribution in [0.25, 0.3) is 0 Å². The van der Waals surface area contributed by atoms with Gasteiger partial charge in [-0.25, -0.2) is 8.42 Å². The summed E-state index contributed by atoms with van der Waals surface area (Å²) in [5.74, 6) is -0.118. The van der Waals surface area contributed by atoms with Crippen molar-refractivity contribution in [2.45, 2.75) is 22.9 Å². The molecule has 4 aromatic carbocycles. The first-order chi connectivity index (χ1) is 17.4. The zero-order valence-corrected chi connectivity index (χ0v) is 21.9. The van der Waals surface area contributed by atoms with Crippen LogP contribution in [0.3, 0.4) is 0 Å². The zero-order chi connectivity index (χ0) is 25.5. The number of nitrogens with zero attached hydrogens (tertiary/aromatic N) is 2. The Balaban J connectivity index is 1.55. The van der Waals surface area contributed by atoms with E-state index in [1.165, 1.54) is 11.4 Å². The van der Waals surface area contributed by atoms with E-state index in [0.29, 0.717) is 24.3 Å². The van der Waals surface area contributed by atoms with E-state index in [0.717, 1.165) is 16.0 Å². The van der Waals surface area contributed by atoms with Crippen molar-refractivity contribution in [3.05, 3.63) is 126 Å². The maximum absolute atomic E-state index is 13.5. The zero-order valence-electron chi connectivity index (χ0n) is 20.2. The van der Waals surface area contributed by atoms with Crippen LogP contribution < -0.4 is 4.31 Å². The Hall–Kier alpha value is -3.55. The van der Waals surface area contributed by atoms with Gasteiger partial charge in [0.25, 0.3) is 15.9 Å². The number of thioether (sulfide) groups is 1. The summed E-state index contributed by atoms with van der Waals surface area (Å²) in [6.45, 7) is 0.938. The summed E-state index contributed by atoms with van der Waals surface area (Å²) in [6, 6.07) is 33.3. The lowest BCUT2D eigenvalue weighted by Crippen LogP contribution is -2.30. The first kappa shape index (κ1) is 25.5. The van der Waals surface area contributed by atoms with E-state index in [-0.39, 0.29) is 10.8 Å². The molecule has 0 N–H and O–H groups in total. The Bertz CT molecular complexity index is 1350. The average molecular weight is 517 g/mol. The van der Waals surface area contributed by atoms with Crippen molar-refractivity contribution < 1.29 is 13.2 Å². The highest BCUT2D eigenvalue weighted by molar-refractivity contribution is 7.98. The minimum Gasteiger partial charge on any atom is -0.330 e. The second-order valence-corrected chi connectivity index (χ2v) is 11.2. The minimum atomic E-state index is -3.72. The number of carbonyl (C=O) groups excluding carboxylic acids is 1. The molecular weight excluding hydrogens is 488 g/mol. The van der Waals surface area contributed by atoms with Gasteiger partial charge in [-0.3, -0.25) is 9.10 Å². The second kappa shape index (κ2) is 11.5. The van der Waals surface area contributed by atoms with Gasteiger partial charge in [0.1, 0.15) is 0 Å². The van der Waals surface area contributed by atoms with Crippen molar-refractivity contribution in [3.63, 3.8) is 0 Å². The van der Waals surface area contributed by atoms with Gasteiger partial charge >= 0.3 is 0 Å². The molecule has 36 heavy (non-hydrogen) atoms. The number of anilines is 1. The van der Waals surface area contributed by atoms with Crippen molar-refractivity contribution in [2.75, 3.05) is 17.6 Å². The maximum Gasteiger partial charge on any atom is 0.264 e. The number of carbonyl (C=O) groups is 1. The summed E-state index contributed by atoms with van der Waals surface area (Å²) in [7, 11) is -2.20. The van der Waals surface area contributed by atoms with Crippen LogP contribution >= 0.6 is 11.8 Å². The highest BCUT2D eigenvalue weighted by Crippen LogP contribution is 2.25. The normalized spacial score (nSPS) is 11.2. The topological polar surface area (TPSA) is 57.7 Å². The van der Waals surface area contributed by atoms with Crippen molar-refractivity contribution in [1.82, 2.24) is 4.90 Å². The lowest BCUT2D eigenvalue weighted by Gasteiger charge is -2.24. The van der Waals surface area contributed by atoms with Gasteiger partial charge in [-0.2, -0.15) is 0 Å². The van der Waals surface area contributed by atoms with Crippen molar-refractivity contribution in [3.8, 4) is 0 Å². The number of hydrogen-bond acceptors (Lipinski definition) is 4. The predicted octanol–water partition coefficient (Wildman–Crippen LogP) is 6.08. The molecule has 0 aliphatic carbocycles. The molecule has 0 spiro atoms. The summed E-state index contributed by atoms with van der Waals surface area (Å²) >= 11 is 1.56. The van der Waals surface area contributed by atoms with E-state index >= 15 is 0 Å². The second-order valence-electron chi connectivity index (χ2n) is 8.33. The average Bonchev–Trinajstić information content (AvgIpc) is 2.93. The molecule has 0 aromatic heterocycles. The summed E-state index contributed by atoms with van der Waals surface area (Å²) in [5, 5.41) is 0. The van der Waals surface area contributed by atoms with Gasteiger partial charge in [-0.15, -0.1) is 11.8 Å². The third-order valence-electron chi connectivity index (χ3n) is 5.92. The molecular formula is C29H28N2O3S2. The summed E-state index contributed by atoms with van der Waals surface area (Å²) in [4.78, 5) is 16.5. The Kier molecular flexibility index (Phi) is 8.13. The molecule has 4 aromatic rings. The summed E-state index contributed by atoms with van der Waals surface area (Å²) < 4.78 is 27.5. The summed E-state index contributed by atoms with van der Waals surface area (Å²) in [6.07, 6.45) is 1.94. The molecule has 0 atom stereocenters. The molecule has 0 unspecified atom stereocenters. The Labute approximate surface area is 217 Å². The van der Waals surface area contributed by atoms with Gasteiger partial charge in [-0.05, 0) is 65.9 Å². The summed E-state index contributed by atoms with van der Waals surface area (Å²) in [5.41, 5.74) is 3.06.